The number of benzene rings is 4. The lowest BCUT2D eigenvalue weighted by Gasteiger charge is -2.39. The van der Waals surface area contributed by atoms with E-state index in [1.54, 1.807) is 0 Å². The maximum Gasteiger partial charge on any atom is 0.174 e. The SMILES string of the molecule is O=C1C(c2ccccc2)=C2c3ccccc3-c3ccccc3[C@]2(O)[C@H]1c1ccccc1. The standard InChI is InChI=1S/C29H20O2/c30-28-25(19-11-3-1-4-12-19)27-23-17-8-7-15-21(23)22-16-9-10-18-24(22)29(27,31)26(28)20-13-5-2-6-14-20/h1-18,26,31H/t26-,29-/m0/s1. The molecule has 4 aromatic carbocycles. The molecule has 31 heavy (non-hydrogen) atoms. The molecule has 0 spiro atoms. The summed E-state index contributed by atoms with van der Waals surface area (Å²) in [5, 5.41) is 12.5. The zero-order valence-corrected chi connectivity index (χ0v) is 16.8. The minimum atomic E-state index is -1.44. The molecule has 2 aliphatic carbocycles. The first kappa shape index (κ1) is 18.1. The zero-order valence-electron chi connectivity index (χ0n) is 16.8. The molecule has 0 unspecified atom stereocenters. The van der Waals surface area contributed by atoms with Gasteiger partial charge in [0.2, 0.25) is 0 Å². The molecule has 2 nitrogen and oxygen atoms in total. The van der Waals surface area contributed by atoms with Crippen LogP contribution < -0.4 is 0 Å². The molecule has 2 heteroatoms. The molecule has 0 fully saturated rings. The zero-order chi connectivity index (χ0) is 21.0. The molecule has 6 rings (SSSR count). The van der Waals surface area contributed by atoms with E-state index in [1.165, 1.54) is 0 Å². The van der Waals surface area contributed by atoms with Crippen molar-refractivity contribution in [2.75, 3.05) is 0 Å². The number of hydrogen-bond acceptors (Lipinski definition) is 2. The fraction of sp³-hybridized carbons (Fsp3) is 0.0690. The van der Waals surface area contributed by atoms with E-state index in [0.29, 0.717) is 11.1 Å². The van der Waals surface area contributed by atoms with Crippen LogP contribution in [0.2, 0.25) is 0 Å². The van der Waals surface area contributed by atoms with Gasteiger partial charge in [-0.3, -0.25) is 4.79 Å². The normalized spacial score (nSPS) is 21.5. The number of carbonyl (C=O) groups excluding carboxylic acids is 1. The molecule has 0 heterocycles. The average Bonchev–Trinajstić information content (AvgIpc) is 3.08. The van der Waals surface area contributed by atoms with Crippen LogP contribution in [0.15, 0.2) is 109 Å². The van der Waals surface area contributed by atoms with Gasteiger partial charge in [0.15, 0.2) is 5.78 Å². The third-order valence-electron chi connectivity index (χ3n) is 6.58. The predicted octanol–water partition coefficient (Wildman–Crippen LogP) is 5.83. The fourth-order valence-electron chi connectivity index (χ4n) is 5.34. The van der Waals surface area contributed by atoms with E-state index in [4.69, 9.17) is 0 Å². The van der Waals surface area contributed by atoms with E-state index in [1.807, 2.05) is 103 Å². The second-order valence-electron chi connectivity index (χ2n) is 8.18. The summed E-state index contributed by atoms with van der Waals surface area (Å²) in [5.41, 5.74) is 5.30. The predicted molar refractivity (Wildman–Crippen MR) is 123 cm³/mol. The van der Waals surface area contributed by atoms with E-state index >= 15 is 0 Å². The Bertz CT molecular complexity index is 1350. The van der Waals surface area contributed by atoms with Crippen molar-refractivity contribution < 1.29 is 9.90 Å². The van der Waals surface area contributed by atoms with Gasteiger partial charge in [0, 0.05) is 11.1 Å². The number of aliphatic hydroxyl groups is 1. The Labute approximate surface area is 181 Å². The minimum absolute atomic E-state index is 0.0404. The highest BCUT2D eigenvalue weighted by molar-refractivity contribution is 6.36. The monoisotopic (exact) mass is 400 g/mol. The lowest BCUT2D eigenvalue weighted by molar-refractivity contribution is -0.118. The van der Waals surface area contributed by atoms with Gasteiger partial charge in [-0.05, 0) is 33.4 Å². The second kappa shape index (κ2) is 6.63. The van der Waals surface area contributed by atoms with Gasteiger partial charge < -0.3 is 5.11 Å². The van der Waals surface area contributed by atoms with E-state index < -0.39 is 11.5 Å². The summed E-state index contributed by atoms with van der Waals surface area (Å²) in [7, 11) is 0. The molecule has 0 aromatic heterocycles. The molecule has 148 valence electrons. The molecular weight excluding hydrogens is 380 g/mol. The van der Waals surface area contributed by atoms with Gasteiger partial charge in [0.05, 0.1) is 5.92 Å². The van der Waals surface area contributed by atoms with Crippen LogP contribution >= 0.6 is 0 Å². The molecule has 2 atom stereocenters. The number of carbonyl (C=O) groups is 1. The summed E-state index contributed by atoms with van der Waals surface area (Å²) < 4.78 is 0. The first-order valence-electron chi connectivity index (χ1n) is 10.5. The quantitative estimate of drug-likeness (QED) is 0.459. The smallest absolute Gasteiger partial charge is 0.174 e. The topological polar surface area (TPSA) is 37.3 Å². The molecule has 0 bridgehead atoms. The fourth-order valence-corrected chi connectivity index (χ4v) is 5.34. The van der Waals surface area contributed by atoms with E-state index in [9.17, 15) is 9.90 Å². The van der Waals surface area contributed by atoms with Crippen molar-refractivity contribution in [2.24, 2.45) is 0 Å². The Morgan fingerprint density at radius 1 is 0.613 bits per heavy atom. The van der Waals surface area contributed by atoms with Crippen LogP contribution in [-0.2, 0) is 10.4 Å². The molecule has 0 saturated carbocycles. The highest BCUT2D eigenvalue weighted by Gasteiger charge is 2.57. The molecule has 1 N–H and O–H groups in total. The molecule has 0 saturated heterocycles. The number of fused-ring (bicyclic) bond motifs is 6. The van der Waals surface area contributed by atoms with Crippen LogP contribution in [0, 0.1) is 0 Å². The Balaban J connectivity index is 1.76. The van der Waals surface area contributed by atoms with Gasteiger partial charge in [0.25, 0.3) is 0 Å². The Morgan fingerprint density at radius 3 is 1.87 bits per heavy atom. The summed E-state index contributed by atoms with van der Waals surface area (Å²) in [6.45, 7) is 0. The summed E-state index contributed by atoms with van der Waals surface area (Å²) in [4.78, 5) is 14.1. The van der Waals surface area contributed by atoms with Gasteiger partial charge in [-0.1, -0.05) is 109 Å². The highest BCUT2D eigenvalue weighted by atomic mass is 16.3. The average molecular weight is 400 g/mol. The van der Waals surface area contributed by atoms with Gasteiger partial charge >= 0.3 is 0 Å². The Morgan fingerprint density at radius 2 is 1.16 bits per heavy atom. The van der Waals surface area contributed by atoms with Crippen molar-refractivity contribution >= 4 is 16.9 Å². The number of allylic oxidation sites excluding steroid dienone is 1. The van der Waals surface area contributed by atoms with E-state index in [2.05, 4.69) is 6.07 Å². The van der Waals surface area contributed by atoms with Gasteiger partial charge in [-0.25, -0.2) is 0 Å². The Kier molecular flexibility index (Phi) is 3.86. The van der Waals surface area contributed by atoms with Gasteiger partial charge in [-0.2, -0.15) is 0 Å². The highest BCUT2D eigenvalue weighted by Crippen LogP contribution is 2.62. The minimum Gasteiger partial charge on any atom is -0.379 e. The Hall–Kier alpha value is -3.75. The van der Waals surface area contributed by atoms with Crippen LogP contribution in [0.1, 0.15) is 28.2 Å². The summed E-state index contributed by atoms with van der Waals surface area (Å²) >= 11 is 0. The third kappa shape index (κ3) is 2.40. The number of ketones is 1. The van der Waals surface area contributed by atoms with Crippen molar-refractivity contribution in [2.45, 2.75) is 11.5 Å². The lowest BCUT2D eigenvalue weighted by atomic mass is 9.68. The molecule has 0 aliphatic heterocycles. The van der Waals surface area contributed by atoms with Crippen LogP contribution in [0.4, 0.5) is 0 Å². The third-order valence-corrected chi connectivity index (χ3v) is 6.58. The van der Waals surface area contributed by atoms with Crippen LogP contribution in [0.25, 0.3) is 22.3 Å². The van der Waals surface area contributed by atoms with Crippen molar-refractivity contribution in [1.82, 2.24) is 0 Å². The summed E-state index contributed by atoms with van der Waals surface area (Å²) in [6, 6.07) is 35.4. The molecule has 4 aromatic rings. The lowest BCUT2D eigenvalue weighted by Crippen LogP contribution is -2.36. The number of Topliss-reactive ketones (excluding diaryl/α,β-unsaturated/α-hetero) is 1. The van der Waals surface area contributed by atoms with Crippen LogP contribution in [0.3, 0.4) is 0 Å². The summed E-state index contributed by atoms with van der Waals surface area (Å²) in [5.74, 6) is -0.741. The summed E-state index contributed by atoms with van der Waals surface area (Å²) in [6.07, 6.45) is 0. The largest absolute Gasteiger partial charge is 0.379 e. The van der Waals surface area contributed by atoms with E-state index in [0.717, 1.165) is 33.4 Å². The number of rotatable bonds is 2. The van der Waals surface area contributed by atoms with Gasteiger partial charge in [-0.15, -0.1) is 0 Å². The van der Waals surface area contributed by atoms with Crippen molar-refractivity contribution in [3.05, 3.63) is 131 Å². The number of hydrogen-bond donors (Lipinski definition) is 1. The molecule has 0 radical (unpaired) electrons. The maximum absolute atomic E-state index is 14.1. The van der Waals surface area contributed by atoms with Crippen molar-refractivity contribution in [3.8, 4) is 11.1 Å². The first-order valence-corrected chi connectivity index (χ1v) is 10.5. The van der Waals surface area contributed by atoms with Crippen molar-refractivity contribution in [3.63, 3.8) is 0 Å². The maximum atomic E-state index is 14.1. The molecule has 0 amide bonds. The first-order chi connectivity index (χ1) is 15.2. The van der Waals surface area contributed by atoms with Crippen LogP contribution in [-0.4, -0.2) is 10.9 Å². The second-order valence-corrected chi connectivity index (χ2v) is 8.18. The van der Waals surface area contributed by atoms with Crippen LogP contribution in [0.5, 0.6) is 0 Å². The molecule has 2 aliphatic rings. The molecular formula is C29H20O2. The van der Waals surface area contributed by atoms with Gasteiger partial charge in [0.1, 0.15) is 5.60 Å². The van der Waals surface area contributed by atoms with E-state index in [-0.39, 0.29) is 5.78 Å². The van der Waals surface area contributed by atoms with Crippen molar-refractivity contribution in [1.29, 1.82) is 0 Å².